The third-order valence-electron chi connectivity index (χ3n) is 3.21. The zero-order chi connectivity index (χ0) is 14.2. The summed E-state index contributed by atoms with van der Waals surface area (Å²) in [7, 11) is -3.31. The number of thiophene rings is 1. The van der Waals surface area contributed by atoms with E-state index in [1.165, 1.54) is 11.3 Å². The fourth-order valence-corrected chi connectivity index (χ4v) is 5.57. The van der Waals surface area contributed by atoms with Gasteiger partial charge in [-0.1, -0.05) is 6.07 Å². The molecule has 5 nitrogen and oxygen atoms in total. The van der Waals surface area contributed by atoms with E-state index in [9.17, 15) is 8.42 Å². The summed E-state index contributed by atoms with van der Waals surface area (Å²) in [6, 6.07) is 3.43. The predicted octanol–water partition coefficient (Wildman–Crippen LogP) is 2.02. The molecule has 1 fully saturated rings. The minimum absolute atomic E-state index is 0.427. The van der Waals surface area contributed by atoms with Gasteiger partial charge in [0, 0.05) is 31.6 Å². The van der Waals surface area contributed by atoms with Crippen molar-refractivity contribution in [2.45, 2.75) is 11.1 Å². The molecule has 0 aliphatic carbocycles. The second-order valence-electron chi connectivity index (χ2n) is 4.59. The molecule has 0 bridgehead atoms. The summed E-state index contributed by atoms with van der Waals surface area (Å²) in [5, 5.41) is 4.79. The number of aromatic nitrogens is 1. The maximum Gasteiger partial charge on any atom is 0.252 e. The van der Waals surface area contributed by atoms with Gasteiger partial charge in [-0.2, -0.15) is 4.31 Å². The number of hydrogen-bond acceptors (Lipinski definition) is 6. The highest BCUT2D eigenvalue weighted by molar-refractivity contribution is 7.91. The van der Waals surface area contributed by atoms with Crippen molar-refractivity contribution in [1.82, 2.24) is 9.29 Å². The van der Waals surface area contributed by atoms with Crippen LogP contribution in [0.1, 0.15) is 5.69 Å². The van der Waals surface area contributed by atoms with E-state index in [0.29, 0.717) is 30.4 Å². The molecule has 0 atom stereocenters. The van der Waals surface area contributed by atoms with Gasteiger partial charge in [0.05, 0.1) is 5.69 Å². The van der Waals surface area contributed by atoms with Gasteiger partial charge in [-0.15, -0.1) is 22.7 Å². The van der Waals surface area contributed by atoms with Crippen molar-refractivity contribution >= 4 is 37.8 Å². The molecule has 1 aliphatic heterocycles. The molecule has 0 N–H and O–H groups in total. The molecule has 20 heavy (non-hydrogen) atoms. The first kappa shape index (κ1) is 14.0. The average Bonchev–Trinajstić information content (AvgIpc) is 3.10. The van der Waals surface area contributed by atoms with Gasteiger partial charge in [-0.05, 0) is 18.4 Å². The van der Waals surface area contributed by atoms with Crippen LogP contribution in [0.5, 0.6) is 0 Å². The van der Waals surface area contributed by atoms with Gasteiger partial charge in [-0.25, -0.2) is 13.4 Å². The molecule has 1 aliphatic rings. The smallest absolute Gasteiger partial charge is 0.252 e. The molecule has 0 spiro atoms. The number of anilines is 1. The van der Waals surface area contributed by atoms with E-state index >= 15 is 0 Å². The normalized spacial score (nSPS) is 17.6. The van der Waals surface area contributed by atoms with Gasteiger partial charge in [0.2, 0.25) is 0 Å². The highest BCUT2D eigenvalue weighted by Crippen LogP contribution is 2.25. The molecule has 0 radical (unpaired) electrons. The van der Waals surface area contributed by atoms with Crippen LogP contribution in [0.15, 0.2) is 27.1 Å². The van der Waals surface area contributed by atoms with Crippen LogP contribution in [0.3, 0.4) is 0 Å². The molecule has 3 rings (SSSR count). The highest BCUT2D eigenvalue weighted by Gasteiger charge is 2.29. The lowest BCUT2D eigenvalue weighted by molar-refractivity contribution is 0.385. The fraction of sp³-hybridized carbons (Fsp3) is 0.417. The summed E-state index contributed by atoms with van der Waals surface area (Å²) in [4.78, 5) is 6.60. The minimum atomic E-state index is -3.31. The molecule has 108 valence electrons. The van der Waals surface area contributed by atoms with Crippen LogP contribution in [0.2, 0.25) is 0 Å². The lowest BCUT2D eigenvalue weighted by Crippen LogP contribution is -2.48. The Labute approximate surface area is 126 Å². The molecule has 0 amide bonds. The van der Waals surface area contributed by atoms with Crippen molar-refractivity contribution in [3.63, 3.8) is 0 Å². The average molecular weight is 329 g/mol. The molecular weight excluding hydrogens is 314 g/mol. The largest absolute Gasteiger partial charge is 0.345 e. The predicted molar refractivity (Wildman–Crippen MR) is 82.1 cm³/mol. The maximum atomic E-state index is 12.4. The van der Waals surface area contributed by atoms with Gasteiger partial charge >= 0.3 is 0 Å². The van der Waals surface area contributed by atoms with Crippen molar-refractivity contribution in [1.29, 1.82) is 0 Å². The Morgan fingerprint density at radius 3 is 2.50 bits per heavy atom. The number of sulfonamides is 1. The summed E-state index contributed by atoms with van der Waals surface area (Å²) in [5.74, 6) is 0. The number of nitrogens with zero attached hydrogens (tertiary/aromatic N) is 3. The first-order valence-electron chi connectivity index (χ1n) is 6.28. The summed E-state index contributed by atoms with van der Waals surface area (Å²) in [6.45, 7) is 4.38. The van der Waals surface area contributed by atoms with Crippen LogP contribution >= 0.6 is 22.7 Å². The van der Waals surface area contributed by atoms with Crippen molar-refractivity contribution < 1.29 is 8.42 Å². The lowest BCUT2D eigenvalue weighted by Gasteiger charge is -2.33. The first-order valence-corrected chi connectivity index (χ1v) is 9.48. The van der Waals surface area contributed by atoms with E-state index in [4.69, 9.17) is 0 Å². The number of piperazine rings is 1. The Hall–Kier alpha value is -0.960. The van der Waals surface area contributed by atoms with Crippen LogP contribution in [-0.4, -0.2) is 43.9 Å². The van der Waals surface area contributed by atoms with E-state index in [0.717, 1.165) is 10.8 Å². The Morgan fingerprint density at radius 1 is 1.20 bits per heavy atom. The van der Waals surface area contributed by atoms with E-state index in [2.05, 4.69) is 9.88 Å². The summed E-state index contributed by atoms with van der Waals surface area (Å²) < 4.78 is 26.8. The zero-order valence-electron chi connectivity index (χ0n) is 11.0. The molecular formula is C12H15N3O2S3. The molecule has 2 aromatic heterocycles. The lowest BCUT2D eigenvalue weighted by atomic mass is 10.4. The molecule has 3 heterocycles. The maximum absolute atomic E-state index is 12.4. The van der Waals surface area contributed by atoms with E-state index in [1.54, 1.807) is 33.2 Å². The van der Waals surface area contributed by atoms with Crippen LogP contribution in [0.25, 0.3) is 0 Å². The van der Waals surface area contributed by atoms with Gasteiger partial charge in [0.25, 0.3) is 10.0 Å². The van der Waals surface area contributed by atoms with Crippen LogP contribution in [-0.2, 0) is 10.0 Å². The van der Waals surface area contributed by atoms with Crippen molar-refractivity contribution in [2.24, 2.45) is 0 Å². The fourth-order valence-electron chi connectivity index (χ4n) is 2.14. The number of hydrogen-bond donors (Lipinski definition) is 0. The monoisotopic (exact) mass is 329 g/mol. The quantitative estimate of drug-likeness (QED) is 0.864. The topological polar surface area (TPSA) is 53.5 Å². The van der Waals surface area contributed by atoms with Gasteiger partial charge in [-0.3, -0.25) is 0 Å². The third-order valence-corrected chi connectivity index (χ3v) is 7.50. The number of aryl methyl sites for hydroxylation is 1. The Balaban J connectivity index is 1.70. The second-order valence-corrected chi connectivity index (χ2v) is 8.54. The number of thiazole rings is 1. The molecule has 8 heteroatoms. The van der Waals surface area contributed by atoms with Crippen LogP contribution in [0, 0.1) is 6.92 Å². The summed E-state index contributed by atoms with van der Waals surface area (Å²) in [5.41, 5.74) is 1.01. The van der Waals surface area contributed by atoms with Crippen LogP contribution < -0.4 is 4.90 Å². The van der Waals surface area contributed by atoms with Gasteiger partial charge < -0.3 is 4.90 Å². The summed E-state index contributed by atoms with van der Waals surface area (Å²) in [6.07, 6.45) is 0. The standard InChI is InChI=1S/C12H15N3O2S3/c1-10-9-19-12(13-10)14-4-6-15(7-5-14)20(16,17)11-3-2-8-18-11/h2-3,8-9H,4-7H2,1H3. The first-order chi connectivity index (χ1) is 9.57. The van der Waals surface area contributed by atoms with Crippen molar-refractivity contribution in [3.8, 4) is 0 Å². The molecule has 0 aromatic carbocycles. The minimum Gasteiger partial charge on any atom is -0.345 e. The molecule has 0 unspecified atom stereocenters. The Morgan fingerprint density at radius 2 is 1.95 bits per heavy atom. The van der Waals surface area contributed by atoms with Crippen molar-refractivity contribution in [3.05, 3.63) is 28.6 Å². The Bertz CT molecular complexity index is 671. The van der Waals surface area contributed by atoms with E-state index < -0.39 is 10.0 Å². The molecule has 0 saturated carbocycles. The summed E-state index contributed by atoms with van der Waals surface area (Å²) >= 11 is 2.88. The molecule has 1 saturated heterocycles. The highest BCUT2D eigenvalue weighted by atomic mass is 32.2. The zero-order valence-corrected chi connectivity index (χ0v) is 13.5. The van der Waals surface area contributed by atoms with Crippen molar-refractivity contribution in [2.75, 3.05) is 31.1 Å². The third kappa shape index (κ3) is 2.60. The van der Waals surface area contributed by atoms with E-state index in [-0.39, 0.29) is 0 Å². The second kappa shape index (κ2) is 5.44. The molecule has 2 aromatic rings. The van der Waals surface area contributed by atoms with Gasteiger partial charge in [0.15, 0.2) is 5.13 Å². The number of rotatable bonds is 3. The van der Waals surface area contributed by atoms with Gasteiger partial charge in [0.1, 0.15) is 4.21 Å². The van der Waals surface area contributed by atoms with Crippen LogP contribution in [0.4, 0.5) is 5.13 Å². The Kier molecular flexibility index (Phi) is 3.80. The van der Waals surface area contributed by atoms with E-state index in [1.807, 2.05) is 12.3 Å². The SMILES string of the molecule is Cc1csc(N2CCN(S(=O)(=O)c3cccs3)CC2)n1.